The van der Waals surface area contributed by atoms with Crippen molar-refractivity contribution in [2.75, 3.05) is 11.9 Å². The Morgan fingerprint density at radius 2 is 2.45 bits per heavy atom. The summed E-state index contributed by atoms with van der Waals surface area (Å²) in [5, 5.41) is 7.73. The smallest absolute Gasteiger partial charge is 0.128 e. The maximum atomic E-state index is 5.62. The second kappa shape index (κ2) is 6.09. The van der Waals surface area contributed by atoms with Crippen molar-refractivity contribution in [1.82, 2.24) is 19.3 Å². The van der Waals surface area contributed by atoms with Crippen LogP contribution in [0.15, 0.2) is 24.8 Å². The summed E-state index contributed by atoms with van der Waals surface area (Å²) in [6.45, 7) is 5.49. The van der Waals surface area contributed by atoms with Crippen molar-refractivity contribution >= 4 is 5.69 Å². The number of hydrogen-bond acceptors (Lipinski definition) is 4. The van der Waals surface area contributed by atoms with E-state index in [2.05, 4.69) is 26.9 Å². The second-order valence-corrected chi connectivity index (χ2v) is 5.07. The van der Waals surface area contributed by atoms with Crippen molar-refractivity contribution in [3.05, 3.63) is 30.6 Å². The lowest BCUT2D eigenvalue weighted by molar-refractivity contribution is 0.0940. The molecule has 1 atom stereocenters. The molecule has 20 heavy (non-hydrogen) atoms. The molecule has 6 nitrogen and oxygen atoms in total. The van der Waals surface area contributed by atoms with Crippen LogP contribution in [0.1, 0.15) is 25.6 Å². The molecule has 3 rings (SSSR count). The van der Waals surface area contributed by atoms with E-state index in [-0.39, 0.29) is 0 Å². The van der Waals surface area contributed by atoms with Crippen molar-refractivity contribution in [3.8, 4) is 0 Å². The summed E-state index contributed by atoms with van der Waals surface area (Å²) >= 11 is 0. The van der Waals surface area contributed by atoms with Gasteiger partial charge in [0.25, 0.3) is 0 Å². The van der Waals surface area contributed by atoms with Gasteiger partial charge in [0, 0.05) is 31.7 Å². The standard InChI is InChI=1S/C14H21N5O/c1-2-18-6-5-15-14(18)9-16-12-8-17-19(10-12)11-13-4-3-7-20-13/h5-6,8,10,13,16H,2-4,7,9,11H2,1H3. The molecule has 1 N–H and O–H groups in total. The molecule has 1 unspecified atom stereocenters. The first-order valence-corrected chi connectivity index (χ1v) is 7.23. The van der Waals surface area contributed by atoms with E-state index in [9.17, 15) is 0 Å². The topological polar surface area (TPSA) is 56.9 Å². The third-order valence-electron chi connectivity index (χ3n) is 3.64. The summed E-state index contributed by atoms with van der Waals surface area (Å²) < 4.78 is 9.70. The average molecular weight is 275 g/mol. The van der Waals surface area contributed by atoms with E-state index in [0.29, 0.717) is 12.6 Å². The van der Waals surface area contributed by atoms with Crippen molar-refractivity contribution < 1.29 is 4.74 Å². The summed E-state index contributed by atoms with van der Waals surface area (Å²) in [6, 6.07) is 0. The fraction of sp³-hybridized carbons (Fsp3) is 0.571. The molecule has 0 spiro atoms. The van der Waals surface area contributed by atoms with E-state index in [1.165, 1.54) is 0 Å². The zero-order valence-corrected chi connectivity index (χ0v) is 11.8. The van der Waals surface area contributed by atoms with E-state index in [1.807, 2.05) is 29.5 Å². The molecule has 1 aliphatic heterocycles. The molecule has 108 valence electrons. The first-order chi connectivity index (χ1) is 9.85. The number of aromatic nitrogens is 4. The van der Waals surface area contributed by atoms with Gasteiger partial charge in [-0.15, -0.1) is 0 Å². The van der Waals surface area contributed by atoms with Gasteiger partial charge >= 0.3 is 0 Å². The third-order valence-corrected chi connectivity index (χ3v) is 3.64. The molecule has 0 saturated carbocycles. The molecule has 2 aromatic rings. The number of nitrogens with one attached hydrogen (secondary N) is 1. The Bertz CT molecular complexity index is 541. The van der Waals surface area contributed by atoms with Crippen molar-refractivity contribution in [2.24, 2.45) is 0 Å². The SMILES string of the molecule is CCn1ccnc1CNc1cnn(CC2CCCO2)c1. The van der Waals surface area contributed by atoms with Gasteiger partial charge in [-0.2, -0.15) is 5.10 Å². The summed E-state index contributed by atoms with van der Waals surface area (Å²) in [5.41, 5.74) is 1.02. The van der Waals surface area contributed by atoms with Crippen LogP contribution in [0.2, 0.25) is 0 Å². The number of rotatable bonds is 6. The van der Waals surface area contributed by atoms with Gasteiger partial charge in [-0.3, -0.25) is 4.68 Å². The average Bonchev–Trinajstić information content (AvgIpc) is 3.18. The highest BCUT2D eigenvalue weighted by Gasteiger charge is 2.16. The highest BCUT2D eigenvalue weighted by atomic mass is 16.5. The molecule has 1 fully saturated rings. The molecular formula is C14H21N5O. The van der Waals surface area contributed by atoms with Gasteiger partial charge in [0.05, 0.1) is 31.1 Å². The predicted octanol–water partition coefficient (Wildman–Crippen LogP) is 1.89. The van der Waals surface area contributed by atoms with E-state index in [4.69, 9.17) is 4.74 Å². The number of nitrogens with zero attached hydrogens (tertiary/aromatic N) is 4. The molecule has 3 heterocycles. The first kappa shape index (κ1) is 13.2. The van der Waals surface area contributed by atoms with Gasteiger partial charge in [-0.05, 0) is 19.8 Å². The number of hydrogen-bond donors (Lipinski definition) is 1. The molecule has 0 aromatic carbocycles. The zero-order valence-electron chi connectivity index (χ0n) is 11.8. The lowest BCUT2D eigenvalue weighted by Gasteiger charge is -2.08. The number of aryl methyl sites for hydroxylation is 1. The van der Waals surface area contributed by atoms with Crippen LogP contribution in [0.4, 0.5) is 5.69 Å². The Morgan fingerprint density at radius 1 is 1.50 bits per heavy atom. The van der Waals surface area contributed by atoms with Crippen LogP contribution < -0.4 is 5.32 Å². The van der Waals surface area contributed by atoms with Crippen LogP contribution in [-0.4, -0.2) is 32.0 Å². The fourth-order valence-electron chi connectivity index (χ4n) is 2.53. The van der Waals surface area contributed by atoms with Crippen LogP contribution in [0.3, 0.4) is 0 Å². The van der Waals surface area contributed by atoms with Gasteiger partial charge in [0.1, 0.15) is 5.82 Å². The molecule has 0 aliphatic carbocycles. The van der Waals surface area contributed by atoms with E-state index < -0.39 is 0 Å². The molecule has 1 aliphatic rings. The van der Waals surface area contributed by atoms with E-state index in [1.54, 1.807) is 0 Å². The van der Waals surface area contributed by atoms with Crippen molar-refractivity contribution in [3.63, 3.8) is 0 Å². The Labute approximate surface area is 118 Å². The van der Waals surface area contributed by atoms with Gasteiger partial charge in [-0.1, -0.05) is 0 Å². The van der Waals surface area contributed by atoms with Crippen LogP contribution in [0.25, 0.3) is 0 Å². The maximum Gasteiger partial charge on any atom is 0.128 e. The second-order valence-electron chi connectivity index (χ2n) is 5.07. The Morgan fingerprint density at radius 3 is 3.25 bits per heavy atom. The van der Waals surface area contributed by atoms with Crippen LogP contribution in [0, 0.1) is 0 Å². The van der Waals surface area contributed by atoms with E-state index in [0.717, 1.165) is 44.0 Å². The molecular weight excluding hydrogens is 254 g/mol. The molecule has 0 radical (unpaired) electrons. The summed E-state index contributed by atoms with van der Waals surface area (Å²) in [6.07, 6.45) is 10.3. The minimum Gasteiger partial charge on any atom is -0.376 e. The summed E-state index contributed by atoms with van der Waals surface area (Å²) in [4.78, 5) is 4.35. The van der Waals surface area contributed by atoms with Gasteiger partial charge < -0.3 is 14.6 Å². The Hall–Kier alpha value is -1.82. The molecule has 2 aromatic heterocycles. The largest absolute Gasteiger partial charge is 0.376 e. The predicted molar refractivity (Wildman–Crippen MR) is 76.4 cm³/mol. The normalized spacial score (nSPS) is 18.6. The third kappa shape index (κ3) is 3.01. The zero-order chi connectivity index (χ0) is 13.8. The van der Waals surface area contributed by atoms with Crippen LogP contribution >= 0.6 is 0 Å². The Kier molecular flexibility index (Phi) is 4.01. The lowest BCUT2D eigenvalue weighted by Crippen LogP contribution is -2.15. The van der Waals surface area contributed by atoms with E-state index >= 15 is 0 Å². The summed E-state index contributed by atoms with van der Waals surface area (Å²) in [7, 11) is 0. The Balaban J connectivity index is 1.54. The number of imidazole rings is 1. The highest BCUT2D eigenvalue weighted by Crippen LogP contribution is 2.15. The number of anilines is 1. The lowest BCUT2D eigenvalue weighted by atomic mass is 10.2. The molecule has 1 saturated heterocycles. The molecule has 0 bridgehead atoms. The van der Waals surface area contributed by atoms with Crippen molar-refractivity contribution in [2.45, 2.75) is 45.5 Å². The van der Waals surface area contributed by atoms with Gasteiger partial charge in [-0.25, -0.2) is 4.98 Å². The van der Waals surface area contributed by atoms with Crippen molar-refractivity contribution in [1.29, 1.82) is 0 Å². The highest BCUT2D eigenvalue weighted by molar-refractivity contribution is 5.38. The minimum absolute atomic E-state index is 0.321. The quantitative estimate of drug-likeness (QED) is 0.874. The van der Waals surface area contributed by atoms with Crippen LogP contribution in [0.5, 0.6) is 0 Å². The maximum absolute atomic E-state index is 5.62. The monoisotopic (exact) mass is 275 g/mol. The van der Waals surface area contributed by atoms with Gasteiger partial charge in [0.15, 0.2) is 0 Å². The van der Waals surface area contributed by atoms with Crippen LogP contribution in [-0.2, 0) is 24.4 Å². The number of ether oxygens (including phenoxy) is 1. The summed E-state index contributed by atoms with van der Waals surface area (Å²) in [5.74, 6) is 1.04. The fourth-order valence-corrected chi connectivity index (χ4v) is 2.53. The molecule has 0 amide bonds. The minimum atomic E-state index is 0.321. The first-order valence-electron chi connectivity index (χ1n) is 7.23. The van der Waals surface area contributed by atoms with Gasteiger partial charge in [0.2, 0.25) is 0 Å². The molecule has 6 heteroatoms.